The van der Waals surface area contributed by atoms with Gasteiger partial charge in [0.25, 0.3) is 5.91 Å². The highest BCUT2D eigenvalue weighted by atomic mass is 16.5. The summed E-state index contributed by atoms with van der Waals surface area (Å²) in [5.74, 6) is -1.98. The number of nitrogens with zero attached hydrogens (tertiary/aromatic N) is 2. The van der Waals surface area contributed by atoms with Crippen molar-refractivity contribution in [3.8, 4) is 0 Å². The van der Waals surface area contributed by atoms with Crippen LogP contribution in [0.15, 0.2) is 10.7 Å². The molecule has 19 heavy (non-hydrogen) atoms. The van der Waals surface area contributed by atoms with Crippen LogP contribution in [0, 0.1) is 6.92 Å². The minimum absolute atomic E-state index is 0.0344. The fourth-order valence-electron chi connectivity index (χ4n) is 1.28. The number of ether oxygens (including phenoxy) is 2. The molecule has 0 radical (unpaired) electrons. The number of carbonyl (C=O) groups is 3. The second-order valence-corrected chi connectivity index (χ2v) is 3.65. The molecule has 1 heterocycles. The van der Waals surface area contributed by atoms with Crippen molar-refractivity contribution in [2.24, 2.45) is 0 Å². The van der Waals surface area contributed by atoms with Crippen molar-refractivity contribution in [1.29, 1.82) is 0 Å². The van der Waals surface area contributed by atoms with Crippen LogP contribution in [-0.2, 0) is 19.1 Å². The molecule has 104 valence electrons. The SMILES string of the molecule is COC(=O)CN(CC(=O)OC)C(=O)c1oncc1C. The third kappa shape index (κ3) is 3.80. The Hall–Kier alpha value is -2.38. The van der Waals surface area contributed by atoms with Crippen molar-refractivity contribution in [3.05, 3.63) is 17.5 Å². The van der Waals surface area contributed by atoms with Crippen molar-refractivity contribution < 1.29 is 28.4 Å². The molecule has 0 saturated carbocycles. The van der Waals surface area contributed by atoms with Crippen molar-refractivity contribution in [2.75, 3.05) is 27.3 Å². The number of hydrogen-bond acceptors (Lipinski definition) is 7. The van der Waals surface area contributed by atoms with E-state index in [1.165, 1.54) is 20.4 Å². The van der Waals surface area contributed by atoms with Gasteiger partial charge in [0.05, 0.1) is 20.4 Å². The van der Waals surface area contributed by atoms with E-state index >= 15 is 0 Å². The van der Waals surface area contributed by atoms with Gasteiger partial charge in [0.1, 0.15) is 13.1 Å². The molecule has 0 fully saturated rings. The van der Waals surface area contributed by atoms with E-state index in [0.717, 1.165) is 4.90 Å². The molecule has 0 spiro atoms. The molecule has 0 aliphatic heterocycles. The number of aryl methyl sites for hydroxylation is 1. The molecule has 0 unspecified atom stereocenters. The van der Waals surface area contributed by atoms with Crippen LogP contribution < -0.4 is 0 Å². The summed E-state index contributed by atoms with van der Waals surface area (Å²) < 4.78 is 13.7. The van der Waals surface area contributed by atoms with Gasteiger partial charge in [-0.2, -0.15) is 0 Å². The minimum Gasteiger partial charge on any atom is -0.468 e. The van der Waals surface area contributed by atoms with Gasteiger partial charge in [0.2, 0.25) is 5.76 Å². The van der Waals surface area contributed by atoms with Crippen LogP contribution in [0.4, 0.5) is 0 Å². The first-order valence-electron chi connectivity index (χ1n) is 5.33. The van der Waals surface area contributed by atoms with E-state index < -0.39 is 17.8 Å². The van der Waals surface area contributed by atoms with Gasteiger partial charge in [0, 0.05) is 5.56 Å². The zero-order valence-corrected chi connectivity index (χ0v) is 10.8. The summed E-state index contributed by atoms with van der Waals surface area (Å²) in [4.78, 5) is 35.5. The number of hydrogen-bond donors (Lipinski definition) is 0. The highest BCUT2D eigenvalue weighted by Crippen LogP contribution is 2.10. The van der Waals surface area contributed by atoms with Crippen LogP contribution in [0.3, 0.4) is 0 Å². The van der Waals surface area contributed by atoms with Gasteiger partial charge < -0.3 is 18.9 Å². The average Bonchev–Trinajstić information content (AvgIpc) is 2.82. The third-order valence-electron chi connectivity index (χ3n) is 2.33. The number of methoxy groups -OCH3 is 2. The normalized spacial score (nSPS) is 9.84. The Bertz CT molecular complexity index is 463. The molecule has 0 aromatic carbocycles. The van der Waals surface area contributed by atoms with E-state index in [1.807, 2.05) is 0 Å². The molecule has 0 aliphatic rings. The molecule has 1 aromatic rings. The summed E-state index contributed by atoms with van der Waals surface area (Å²) in [6, 6.07) is 0. The van der Waals surface area contributed by atoms with Gasteiger partial charge in [-0.15, -0.1) is 0 Å². The Labute approximate surface area is 109 Å². The molecule has 0 aliphatic carbocycles. The second-order valence-electron chi connectivity index (χ2n) is 3.65. The standard InChI is InChI=1S/C11H14N2O6/c1-7-4-12-19-10(7)11(16)13(5-8(14)17-2)6-9(15)18-3/h4H,5-6H2,1-3H3. The second kappa shape index (κ2) is 6.53. The molecule has 8 heteroatoms. The van der Waals surface area contributed by atoms with E-state index in [4.69, 9.17) is 4.52 Å². The first-order chi connectivity index (χ1) is 8.99. The van der Waals surface area contributed by atoms with Crippen LogP contribution in [-0.4, -0.2) is 55.2 Å². The number of rotatable bonds is 5. The Morgan fingerprint density at radius 2 is 1.74 bits per heavy atom. The largest absolute Gasteiger partial charge is 0.468 e. The van der Waals surface area contributed by atoms with Crippen LogP contribution in [0.5, 0.6) is 0 Å². The number of esters is 2. The Morgan fingerprint density at radius 3 is 2.11 bits per heavy atom. The summed E-state index contributed by atoms with van der Waals surface area (Å²) in [6.45, 7) is 0.855. The average molecular weight is 270 g/mol. The predicted octanol–water partition coefficient (Wildman–Crippen LogP) is -0.229. The van der Waals surface area contributed by atoms with E-state index in [-0.39, 0.29) is 18.8 Å². The molecule has 1 amide bonds. The number of carbonyl (C=O) groups excluding carboxylic acids is 3. The zero-order chi connectivity index (χ0) is 14.4. The highest BCUT2D eigenvalue weighted by Gasteiger charge is 2.26. The lowest BCUT2D eigenvalue weighted by atomic mass is 10.2. The van der Waals surface area contributed by atoms with Crippen LogP contribution in [0.2, 0.25) is 0 Å². The number of aromatic nitrogens is 1. The summed E-state index contributed by atoms with van der Waals surface area (Å²) in [5, 5.41) is 3.47. The quantitative estimate of drug-likeness (QED) is 0.681. The Morgan fingerprint density at radius 1 is 1.21 bits per heavy atom. The van der Waals surface area contributed by atoms with Gasteiger partial charge in [-0.25, -0.2) is 0 Å². The van der Waals surface area contributed by atoms with Crippen molar-refractivity contribution in [3.63, 3.8) is 0 Å². The van der Waals surface area contributed by atoms with Gasteiger partial charge in [-0.1, -0.05) is 5.16 Å². The maximum atomic E-state index is 12.1. The molecule has 8 nitrogen and oxygen atoms in total. The topological polar surface area (TPSA) is 98.9 Å². The summed E-state index contributed by atoms with van der Waals surface area (Å²) in [5.41, 5.74) is 0.504. The first kappa shape index (κ1) is 14.7. The van der Waals surface area contributed by atoms with Crippen LogP contribution in [0.25, 0.3) is 0 Å². The van der Waals surface area contributed by atoms with Crippen molar-refractivity contribution in [2.45, 2.75) is 6.92 Å². The lowest BCUT2D eigenvalue weighted by Gasteiger charge is -2.18. The minimum atomic E-state index is -0.658. The van der Waals surface area contributed by atoms with Gasteiger partial charge in [-0.3, -0.25) is 14.4 Å². The maximum absolute atomic E-state index is 12.1. The van der Waals surface area contributed by atoms with Gasteiger partial charge in [0.15, 0.2) is 0 Å². The smallest absolute Gasteiger partial charge is 0.325 e. The van der Waals surface area contributed by atoms with Gasteiger partial charge >= 0.3 is 11.9 Å². The van der Waals surface area contributed by atoms with Crippen LogP contribution in [0.1, 0.15) is 16.1 Å². The molecule has 0 bridgehead atoms. The van der Waals surface area contributed by atoms with Crippen LogP contribution >= 0.6 is 0 Å². The van der Waals surface area contributed by atoms with E-state index in [1.54, 1.807) is 6.92 Å². The lowest BCUT2D eigenvalue weighted by Crippen LogP contribution is -2.40. The highest BCUT2D eigenvalue weighted by molar-refractivity contribution is 5.96. The molecule has 0 N–H and O–H groups in total. The molecule has 1 rings (SSSR count). The van der Waals surface area contributed by atoms with E-state index in [9.17, 15) is 14.4 Å². The zero-order valence-electron chi connectivity index (χ0n) is 10.8. The van der Waals surface area contributed by atoms with E-state index in [2.05, 4.69) is 14.6 Å². The first-order valence-corrected chi connectivity index (χ1v) is 5.33. The Balaban J connectivity index is 2.89. The monoisotopic (exact) mass is 270 g/mol. The summed E-state index contributed by atoms with van der Waals surface area (Å²) >= 11 is 0. The fraction of sp³-hybridized carbons (Fsp3) is 0.455. The summed E-state index contributed by atoms with van der Waals surface area (Å²) in [7, 11) is 2.37. The predicted molar refractivity (Wildman–Crippen MR) is 61.2 cm³/mol. The number of amides is 1. The van der Waals surface area contributed by atoms with Crippen molar-refractivity contribution >= 4 is 17.8 Å². The van der Waals surface area contributed by atoms with Crippen molar-refractivity contribution in [1.82, 2.24) is 10.1 Å². The maximum Gasteiger partial charge on any atom is 0.325 e. The molecular formula is C11H14N2O6. The molecule has 1 aromatic heterocycles. The Kier molecular flexibility index (Phi) is 5.04. The van der Waals surface area contributed by atoms with Gasteiger partial charge in [-0.05, 0) is 6.92 Å². The molecular weight excluding hydrogens is 256 g/mol. The van der Waals surface area contributed by atoms with E-state index in [0.29, 0.717) is 5.56 Å². The molecule has 0 saturated heterocycles. The third-order valence-corrected chi connectivity index (χ3v) is 2.33. The molecule has 0 atom stereocenters. The lowest BCUT2D eigenvalue weighted by molar-refractivity contribution is -0.144. The fourth-order valence-corrected chi connectivity index (χ4v) is 1.28. The summed E-state index contributed by atoms with van der Waals surface area (Å²) in [6.07, 6.45) is 1.36.